The summed E-state index contributed by atoms with van der Waals surface area (Å²) in [5, 5.41) is 14.1. The van der Waals surface area contributed by atoms with Gasteiger partial charge >= 0.3 is 0 Å². The Kier molecular flexibility index (Phi) is 7.09. The van der Waals surface area contributed by atoms with Gasteiger partial charge in [0.25, 0.3) is 0 Å². The van der Waals surface area contributed by atoms with Gasteiger partial charge in [-0.25, -0.2) is 9.37 Å². The first kappa shape index (κ1) is 22.2. The van der Waals surface area contributed by atoms with Crippen molar-refractivity contribution in [2.75, 3.05) is 5.32 Å². The topological polar surface area (TPSA) is 81.9 Å². The molecule has 0 aliphatic rings. The third-order valence-corrected chi connectivity index (χ3v) is 6.13. The van der Waals surface area contributed by atoms with Gasteiger partial charge in [-0.2, -0.15) is 0 Å². The summed E-state index contributed by atoms with van der Waals surface area (Å²) in [5.41, 5.74) is 0.870. The molecule has 0 fully saturated rings. The fourth-order valence-electron chi connectivity index (χ4n) is 2.73. The zero-order valence-electron chi connectivity index (χ0n) is 17.4. The molecule has 3 aromatic rings. The van der Waals surface area contributed by atoms with E-state index >= 15 is 0 Å². The molecule has 0 aliphatic carbocycles. The van der Waals surface area contributed by atoms with Crippen molar-refractivity contribution in [1.82, 2.24) is 19.7 Å². The van der Waals surface area contributed by atoms with Gasteiger partial charge in [0.15, 0.2) is 22.2 Å². The summed E-state index contributed by atoms with van der Waals surface area (Å²) in [4.78, 5) is 16.8. The maximum atomic E-state index is 13.1. The summed E-state index contributed by atoms with van der Waals surface area (Å²) in [5.74, 6) is 0.715. The Bertz CT molecular complexity index is 1000. The van der Waals surface area contributed by atoms with Gasteiger partial charge < -0.3 is 14.6 Å². The normalized spacial score (nSPS) is 13.3. The second-order valence-corrected chi connectivity index (χ2v) is 9.23. The summed E-state index contributed by atoms with van der Waals surface area (Å²) in [6.07, 6.45) is -0.401. The van der Waals surface area contributed by atoms with E-state index in [0.717, 1.165) is 5.69 Å². The van der Waals surface area contributed by atoms with Crippen LogP contribution in [0, 0.1) is 12.7 Å². The predicted molar refractivity (Wildman–Crippen MR) is 117 cm³/mol. The van der Waals surface area contributed by atoms with Crippen molar-refractivity contribution < 1.29 is 13.9 Å². The summed E-state index contributed by atoms with van der Waals surface area (Å²) in [7, 11) is 0. The molecule has 3 rings (SSSR count). The van der Waals surface area contributed by atoms with Crippen molar-refractivity contribution in [3.8, 4) is 5.75 Å². The highest BCUT2D eigenvalue weighted by Gasteiger charge is 2.25. The largest absolute Gasteiger partial charge is 0.483 e. The first-order valence-corrected chi connectivity index (χ1v) is 11.3. The molecule has 2 heterocycles. The SMILES string of the molecule is Cc1csc(NC(=O)C(C)Sc2nnc(C(C)Oc3ccc(F)cc3)n2C(C)C)n1. The molecule has 0 aliphatic heterocycles. The van der Waals surface area contributed by atoms with E-state index in [1.807, 2.05) is 44.6 Å². The van der Waals surface area contributed by atoms with E-state index in [1.165, 1.54) is 35.2 Å². The number of halogens is 1. The van der Waals surface area contributed by atoms with Crippen LogP contribution in [0.3, 0.4) is 0 Å². The number of aryl methyl sites for hydroxylation is 1. The number of rotatable bonds is 8. The minimum absolute atomic E-state index is 0.0636. The van der Waals surface area contributed by atoms with Gasteiger partial charge in [0.2, 0.25) is 5.91 Å². The fourth-order valence-corrected chi connectivity index (χ4v) is 4.41. The van der Waals surface area contributed by atoms with E-state index in [4.69, 9.17) is 4.74 Å². The molecular formula is C20H24FN5O2S2. The summed E-state index contributed by atoms with van der Waals surface area (Å²) in [6, 6.07) is 5.91. The number of ether oxygens (including phenoxy) is 1. The number of anilines is 1. The lowest BCUT2D eigenvalue weighted by Crippen LogP contribution is -2.23. The summed E-state index contributed by atoms with van der Waals surface area (Å²) < 4.78 is 21.0. The second kappa shape index (κ2) is 9.57. The van der Waals surface area contributed by atoms with Gasteiger partial charge in [-0.1, -0.05) is 11.8 Å². The van der Waals surface area contributed by atoms with Crippen molar-refractivity contribution >= 4 is 34.1 Å². The summed E-state index contributed by atoms with van der Waals surface area (Å²) in [6.45, 7) is 9.60. The number of nitrogens with one attached hydrogen (secondary N) is 1. The fraction of sp³-hybridized carbons (Fsp3) is 0.400. The molecule has 2 aromatic heterocycles. The second-order valence-electron chi connectivity index (χ2n) is 7.06. The van der Waals surface area contributed by atoms with Crippen molar-refractivity contribution in [3.05, 3.63) is 47.0 Å². The molecule has 0 saturated carbocycles. The third kappa shape index (κ3) is 5.37. The number of nitrogens with zero attached hydrogens (tertiary/aromatic N) is 4. The van der Waals surface area contributed by atoms with Gasteiger partial charge in [0.1, 0.15) is 11.6 Å². The first-order chi connectivity index (χ1) is 14.2. The van der Waals surface area contributed by atoms with Crippen LogP contribution in [0.15, 0.2) is 34.8 Å². The number of hydrogen-bond donors (Lipinski definition) is 1. The maximum Gasteiger partial charge on any atom is 0.239 e. The van der Waals surface area contributed by atoms with Crippen molar-refractivity contribution in [1.29, 1.82) is 0 Å². The number of aromatic nitrogens is 4. The number of thiazole rings is 1. The van der Waals surface area contributed by atoms with Crippen LogP contribution in [0.1, 0.15) is 51.4 Å². The Balaban J connectivity index is 1.73. The number of carbonyl (C=O) groups excluding carboxylic acids is 1. The smallest absolute Gasteiger partial charge is 0.239 e. The summed E-state index contributed by atoms with van der Waals surface area (Å²) >= 11 is 2.72. The number of hydrogen-bond acceptors (Lipinski definition) is 7. The highest BCUT2D eigenvalue weighted by molar-refractivity contribution is 8.00. The van der Waals surface area contributed by atoms with Gasteiger partial charge in [0.05, 0.1) is 10.9 Å². The Labute approximate surface area is 183 Å². The highest BCUT2D eigenvalue weighted by Crippen LogP contribution is 2.30. The van der Waals surface area contributed by atoms with E-state index in [2.05, 4.69) is 20.5 Å². The van der Waals surface area contributed by atoms with Crippen molar-refractivity contribution in [2.45, 2.75) is 57.2 Å². The van der Waals surface area contributed by atoms with Crippen LogP contribution in [-0.2, 0) is 4.79 Å². The molecule has 30 heavy (non-hydrogen) atoms. The van der Waals surface area contributed by atoms with E-state index in [1.54, 1.807) is 12.1 Å². The molecule has 160 valence electrons. The number of carbonyl (C=O) groups is 1. The van der Waals surface area contributed by atoms with E-state index in [9.17, 15) is 9.18 Å². The van der Waals surface area contributed by atoms with E-state index < -0.39 is 11.4 Å². The molecule has 2 unspecified atom stereocenters. The average Bonchev–Trinajstić information content (AvgIpc) is 3.29. The molecule has 0 saturated heterocycles. The minimum atomic E-state index is -0.401. The molecular weight excluding hydrogens is 425 g/mol. The Morgan fingerprint density at radius 3 is 2.50 bits per heavy atom. The van der Waals surface area contributed by atoms with Crippen molar-refractivity contribution in [2.24, 2.45) is 0 Å². The van der Waals surface area contributed by atoms with E-state index in [-0.39, 0.29) is 17.8 Å². The lowest BCUT2D eigenvalue weighted by atomic mass is 10.3. The number of amides is 1. The molecule has 0 bridgehead atoms. The molecule has 1 amide bonds. The lowest BCUT2D eigenvalue weighted by Gasteiger charge is -2.19. The van der Waals surface area contributed by atoms with Crippen LogP contribution in [-0.4, -0.2) is 30.9 Å². The highest BCUT2D eigenvalue weighted by atomic mass is 32.2. The van der Waals surface area contributed by atoms with Gasteiger partial charge in [0, 0.05) is 11.4 Å². The number of thioether (sulfide) groups is 1. The predicted octanol–water partition coefficient (Wildman–Crippen LogP) is 5.02. The van der Waals surface area contributed by atoms with Crippen LogP contribution in [0.2, 0.25) is 0 Å². The zero-order valence-corrected chi connectivity index (χ0v) is 19.1. The van der Waals surface area contributed by atoms with Crippen molar-refractivity contribution in [3.63, 3.8) is 0 Å². The lowest BCUT2D eigenvalue weighted by molar-refractivity contribution is -0.115. The van der Waals surface area contributed by atoms with Gasteiger partial charge in [-0.15, -0.1) is 21.5 Å². The number of benzene rings is 1. The molecule has 10 heteroatoms. The van der Waals surface area contributed by atoms with Gasteiger partial charge in [-0.05, 0) is 58.9 Å². The quantitative estimate of drug-likeness (QED) is 0.486. The molecule has 0 spiro atoms. The molecule has 7 nitrogen and oxygen atoms in total. The minimum Gasteiger partial charge on any atom is -0.483 e. The maximum absolute atomic E-state index is 13.1. The Morgan fingerprint density at radius 2 is 1.90 bits per heavy atom. The molecule has 0 radical (unpaired) electrons. The molecule has 2 atom stereocenters. The van der Waals surface area contributed by atoms with Crippen LogP contribution >= 0.6 is 23.1 Å². The van der Waals surface area contributed by atoms with Crippen LogP contribution in [0.5, 0.6) is 5.75 Å². The first-order valence-electron chi connectivity index (χ1n) is 9.51. The standard InChI is InChI=1S/C20H24FN5O2S2/c1-11(2)26-17(13(4)28-16-8-6-15(21)7-9-16)24-25-20(26)30-14(5)18(27)23-19-22-12(3)10-29-19/h6-11,13-14H,1-5H3,(H,22,23,27). The monoisotopic (exact) mass is 449 g/mol. The van der Waals surface area contributed by atoms with E-state index in [0.29, 0.717) is 21.9 Å². The van der Waals surface area contributed by atoms with Gasteiger partial charge in [-0.3, -0.25) is 4.79 Å². The third-order valence-electron chi connectivity index (χ3n) is 4.20. The Morgan fingerprint density at radius 1 is 1.20 bits per heavy atom. The van der Waals surface area contributed by atoms with Crippen LogP contribution in [0.25, 0.3) is 0 Å². The van der Waals surface area contributed by atoms with Crippen LogP contribution in [0.4, 0.5) is 9.52 Å². The average molecular weight is 450 g/mol. The zero-order chi connectivity index (χ0) is 21.8. The molecule has 1 N–H and O–H groups in total. The molecule has 1 aromatic carbocycles. The Hall–Kier alpha value is -2.46. The van der Waals surface area contributed by atoms with Crippen LogP contribution < -0.4 is 10.1 Å².